The van der Waals surface area contributed by atoms with Crippen LogP contribution in [0.15, 0.2) is 65.9 Å². The van der Waals surface area contributed by atoms with Gasteiger partial charge in [-0.25, -0.2) is 0 Å². The summed E-state index contributed by atoms with van der Waals surface area (Å²) in [4.78, 5) is 11.4. The number of aromatic nitrogens is 2. The monoisotopic (exact) mass is 442 g/mol. The first-order valence-corrected chi connectivity index (χ1v) is 11.4. The van der Waals surface area contributed by atoms with Gasteiger partial charge in [0, 0.05) is 46.4 Å². The molecule has 1 atom stereocenters. The van der Waals surface area contributed by atoms with Crippen molar-refractivity contribution in [3.05, 3.63) is 77.8 Å². The van der Waals surface area contributed by atoms with Crippen LogP contribution < -0.4 is 21.1 Å². The van der Waals surface area contributed by atoms with E-state index in [4.69, 9.17) is 15.5 Å². The Kier molecular flexibility index (Phi) is 5.56. The number of aliphatic imine (C=N–C) groups is 1. The first-order valence-electron chi connectivity index (χ1n) is 11.4. The van der Waals surface area contributed by atoms with E-state index in [-0.39, 0.29) is 0 Å². The van der Waals surface area contributed by atoms with E-state index in [1.165, 1.54) is 10.9 Å². The maximum absolute atomic E-state index is 6.72. The van der Waals surface area contributed by atoms with E-state index >= 15 is 0 Å². The lowest BCUT2D eigenvalue weighted by Gasteiger charge is -2.32. The Labute approximate surface area is 193 Å². The van der Waals surface area contributed by atoms with E-state index in [0.29, 0.717) is 12.5 Å². The van der Waals surface area contributed by atoms with Crippen LogP contribution in [0.25, 0.3) is 21.8 Å². The molecule has 6 N–H and O–H groups in total. The smallest absolute Gasteiger partial charge is 0.197 e. The lowest BCUT2D eigenvalue weighted by Crippen LogP contribution is -2.57. The molecule has 7 heteroatoms. The molecular formula is C26H30N6O. The van der Waals surface area contributed by atoms with Gasteiger partial charge in [0.25, 0.3) is 0 Å². The van der Waals surface area contributed by atoms with E-state index < -0.39 is 5.66 Å². The molecule has 2 aromatic heterocycles. The van der Waals surface area contributed by atoms with Crippen molar-refractivity contribution in [3.8, 4) is 5.75 Å². The van der Waals surface area contributed by atoms with Gasteiger partial charge in [0.1, 0.15) is 11.4 Å². The summed E-state index contributed by atoms with van der Waals surface area (Å²) >= 11 is 0. The van der Waals surface area contributed by atoms with Crippen LogP contribution in [0.2, 0.25) is 0 Å². The molecule has 0 amide bonds. The van der Waals surface area contributed by atoms with Gasteiger partial charge >= 0.3 is 0 Å². The fourth-order valence-electron chi connectivity index (χ4n) is 4.28. The largest absolute Gasteiger partial charge is 0.494 e. The molecule has 0 radical (unpaired) electrons. The Morgan fingerprint density at radius 1 is 1.09 bits per heavy atom. The second-order valence-electron chi connectivity index (χ2n) is 8.58. The molecule has 0 aliphatic carbocycles. The van der Waals surface area contributed by atoms with Crippen LogP contribution in [-0.2, 0) is 12.1 Å². The van der Waals surface area contributed by atoms with Crippen molar-refractivity contribution in [3.63, 3.8) is 0 Å². The van der Waals surface area contributed by atoms with E-state index in [1.807, 2.05) is 24.4 Å². The third kappa shape index (κ3) is 4.32. The summed E-state index contributed by atoms with van der Waals surface area (Å²) in [5, 5.41) is 8.86. The number of aromatic amines is 2. The second kappa shape index (κ2) is 8.67. The number of hydrogen-bond donors (Lipinski definition) is 5. The van der Waals surface area contributed by atoms with E-state index in [0.717, 1.165) is 52.9 Å². The molecule has 7 nitrogen and oxygen atoms in total. The van der Waals surface area contributed by atoms with Crippen molar-refractivity contribution >= 4 is 27.8 Å². The second-order valence-corrected chi connectivity index (χ2v) is 8.58. The summed E-state index contributed by atoms with van der Waals surface area (Å²) in [6.45, 7) is 5.51. The van der Waals surface area contributed by atoms with Crippen molar-refractivity contribution in [1.82, 2.24) is 20.6 Å². The van der Waals surface area contributed by atoms with Crippen molar-refractivity contribution < 1.29 is 4.74 Å². The van der Waals surface area contributed by atoms with Gasteiger partial charge in [-0.1, -0.05) is 13.0 Å². The highest BCUT2D eigenvalue weighted by molar-refractivity contribution is 5.86. The van der Waals surface area contributed by atoms with Gasteiger partial charge in [-0.15, -0.1) is 0 Å². The lowest BCUT2D eigenvalue weighted by molar-refractivity contribution is 0.318. The number of hydrogen-bond acceptors (Lipinski definition) is 3. The molecule has 4 aromatic rings. The Bertz CT molecular complexity index is 1350. The average molecular weight is 443 g/mol. The molecule has 2 aromatic carbocycles. The maximum atomic E-state index is 6.72. The molecule has 1 aliphatic rings. The maximum Gasteiger partial charge on any atom is 0.197 e. The van der Waals surface area contributed by atoms with Gasteiger partial charge < -0.3 is 31.1 Å². The zero-order valence-electron chi connectivity index (χ0n) is 19.0. The highest BCUT2D eigenvalue weighted by Gasteiger charge is 2.28. The molecule has 0 fully saturated rings. The number of guanidine groups is 1. The minimum absolute atomic E-state index is 0.627. The molecule has 1 aliphatic heterocycles. The third-order valence-corrected chi connectivity index (χ3v) is 5.99. The molecule has 0 saturated heterocycles. The van der Waals surface area contributed by atoms with Crippen LogP contribution in [0.1, 0.15) is 30.2 Å². The zero-order chi connectivity index (χ0) is 22.8. The number of nitrogens with one attached hydrogen (secondary N) is 4. The van der Waals surface area contributed by atoms with Gasteiger partial charge in [0.15, 0.2) is 5.96 Å². The van der Waals surface area contributed by atoms with Crippen molar-refractivity contribution in [2.24, 2.45) is 10.7 Å². The summed E-state index contributed by atoms with van der Waals surface area (Å²) in [6.07, 6.45) is 7.62. The standard InChI is InChI=1S/C26H30N6O/c1-3-12-33-21-5-7-24-22(15-21)18(16-30-24)8-10-28-25-29-11-9-26(27,32-25)20-4-6-23-19(14-20)13-17(2)31-23/h4-7,9,11,13-16,30-31H,3,8,10,12,27H2,1-2H3,(H2,28,29,32). The van der Waals surface area contributed by atoms with Gasteiger partial charge in [-0.2, -0.15) is 0 Å². The number of nitrogens with zero attached hydrogens (tertiary/aromatic N) is 1. The fraction of sp³-hybridized carbons (Fsp3) is 0.269. The third-order valence-electron chi connectivity index (χ3n) is 5.99. The first-order chi connectivity index (χ1) is 16.0. The summed E-state index contributed by atoms with van der Waals surface area (Å²) in [5.74, 6) is 1.57. The van der Waals surface area contributed by atoms with Crippen molar-refractivity contribution in [1.29, 1.82) is 0 Å². The summed E-state index contributed by atoms with van der Waals surface area (Å²) in [5.41, 5.74) is 11.4. The van der Waals surface area contributed by atoms with Gasteiger partial charge in [-0.05, 0) is 73.4 Å². The highest BCUT2D eigenvalue weighted by Crippen LogP contribution is 2.26. The zero-order valence-corrected chi connectivity index (χ0v) is 19.0. The SMILES string of the molecule is CCCOc1ccc2[nH]cc(CCN=C3NC=CC(N)(c4ccc5[nH]c(C)cc5c4)N3)c2c1. The molecule has 1 unspecified atom stereocenters. The van der Waals surface area contributed by atoms with E-state index in [1.54, 1.807) is 0 Å². The topological polar surface area (TPSA) is 103 Å². The fourth-order valence-corrected chi connectivity index (χ4v) is 4.28. The Morgan fingerprint density at radius 2 is 1.97 bits per heavy atom. The molecule has 3 heterocycles. The quantitative estimate of drug-likeness (QED) is 0.296. The number of ether oxygens (including phenoxy) is 1. The summed E-state index contributed by atoms with van der Waals surface area (Å²) in [6, 6.07) is 14.5. The van der Waals surface area contributed by atoms with Gasteiger partial charge in [0.2, 0.25) is 0 Å². The van der Waals surface area contributed by atoms with Gasteiger partial charge in [0.05, 0.1) is 6.61 Å². The summed E-state index contributed by atoms with van der Waals surface area (Å²) in [7, 11) is 0. The average Bonchev–Trinajstić information content (AvgIpc) is 3.39. The first kappa shape index (κ1) is 21.2. The number of aryl methyl sites for hydroxylation is 1. The Balaban J connectivity index is 1.30. The number of nitrogens with two attached hydrogens (primary N) is 1. The summed E-state index contributed by atoms with van der Waals surface area (Å²) < 4.78 is 5.80. The van der Waals surface area contributed by atoms with Crippen LogP contribution >= 0.6 is 0 Å². The van der Waals surface area contributed by atoms with Crippen LogP contribution in [0.3, 0.4) is 0 Å². The molecule has 5 rings (SSSR count). The van der Waals surface area contributed by atoms with Gasteiger partial charge in [-0.3, -0.25) is 4.99 Å². The lowest BCUT2D eigenvalue weighted by atomic mass is 9.98. The van der Waals surface area contributed by atoms with Crippen LogP contribution in [0.5, 0.6) is 5.75 Å². The van der Waals surface area contributed by atoms with Crippen molar-refractivity contribution in [2.45, 2.75) is 32.4 Å². The van der Waals surface area contributed by atoms with Crippen LogP contribution in [-0.4, -0.2) is 29.1 Å². The molecular weight excluding hydrogens is 412 g/mol. The van der Waals surface area contributed by atoms with Crippen LogP contribution in [0.4, 0.5) is 0 Å². The predicted octanol–water partition coefficient (Wildman–Crippen LogP) is 4.16. The predicted molar refractivity (Wildman–Crippen MR) is 134 cm³/mol. The van der Waals surface area contributed by atoms with E-state index in [2.05, 4.69) is 71.0 Å². The normalized spacial score (nSPS) is 19.2. The number of H-pyrrole nitrogens is 2. The molecule has 170 valence electrons. The number of benzene rings is 2. The minimum Gasteiger partial charge on any atom is -0.494 e. The molecule has 0 saturated carbocycles. The van der Waals surface area contributed by atoms with Crippen LogP contribution in [0, 0.1) is 6.92 Å². The van der Waals surface area contributed by atoms with E-state index in [9.17, 15) is 0 Å². The molecule has 33 heavy (non-hydrogen) atoms. The minimum atomic E-state index is -0.824. The Morgan fingerprint density at radius 3 is 2.85 bits per heavy atom. The number of rotatable bonds is 7. The number of fused-ring (bicyclic) bond motifs is 2. The Hall–Kier alpha value is -3.71. The molecule has 0 bridgehead atoms. The molecule has 0 spiro atoms. The highest BCUT2D eigenvalue weighted by atomic mass is 16.5. The van der Waals surface area contributed by atoms with Crippen molar-refractivity contribution in [2.75, 3.05) is 13.2 Å².